The summed E-state index contributed by atoms with van der Waals surface area (Å²) in [4.78, 5) is 14.0. The molecule has 1 N–H and O–H groups in total. The highest BCUT2D eigenvalue weighted by molar-refractivity contribution is 5.77. The lowest BCUT2D eigenvalue weighted by Crippen LogP contribution is -2.46. The fourth-order valence-electron chi connectivity index (χ4n) is 3.04. The summed E-state index contributed by atoms with van der Waals surface area (Å²) < 4.78 is 11.7. The van der Waals surface area contributed by atoms with Crippen molar-refractivity contribution in [2.45, 2.75) is 46.3 Å². The summed E-state index contributed by atoms with van der Waals surface area (Å²) in [6.07, 6.45) is 3.00. The van der Waals surface area contributed by atoms with Crippen LogP contribution >= 0.6 is 0 Å². The molecule has 0 aliphatic carbocycles. The van der Waals surface area contributed by atoms with Gasteiger partial charge in [0.05, 0.1) is 7.11 Å². The van der Waals surface area contributed by atoms with E-state index in [9.17, 15) is 4.79 Å². The number of hydrogen-bond donors (Lipinski definition) is 1. The molecule has 0 aromatic heterocycles. The Hall–Kier alpha value is -1.75. The van der Waals surface area contributed by atoms with Crippen LogP contribution in [-0.2, 0) is 11.2 Å². The molecule has 0 saturated carbocycles. The zero-order valence-corrected chi connectivity index (χ0v) is 15.3. The SMILES string of the molecule is CCCN(CCNC(=O)C(C)C)C1CCc2c(OC)cccc2O1. The van der Waals surface area contributed by atoms with E-state index in [0.717, 1.165) is 49.4 Å². The number of methoxy groups -OCH3 is 1. The van der Waals surface area contributed by atoms with Gasteiger partial charge in [-0.05, 0) is 25.0 Å². The molecule has 1 unspecified atom stereocenters. The zero-order chi connectivity index (χ0) is 17.5. The zero-order valence-electron chi connectivity index (χ0n) is 15.3. The van der Waals surface area contributed by atoms with Gasteiger partial charge >= 0.3 is 0 Å². The van der Waals surface area contributed by atoms with E-state index in [1.165, 1.54) is 0 Å². The van der Waals surface area contributed by atoms with E-state index in [0.29, 0.717) is 6.54 Å². The fourth-order valence-corrected chi connectivity index (χ4v) is 3.04. The molecule has 1 amide bonds. The number of nitrogens with one attached hydrogen (secondary N) is 1. The number of hydrogen-bond acceptors (Lipinski definition) is 4. The molecule has 0 saturated heterocycles. The van der Waals surface area contributed by atoms with Gasteiger partial charge in [-0.3, -0.25) is 9.69 Å². The molecule has 1 aromatic rings. The molecule has 0 spiro atoms. The van der Waals surface area contributed by atoms with Gasteiger partial charge in [-0.15, -0.1) is 0 Å². The van der Waals surface area contributed by atoms with Crippen LogP contribution in [0.5, 0.6) is 11.5 Å². The predicted molar refractivity (Wildman–Crippen MR) is 95.4 cm³/mol. The Balaban J connectivity index is 1.97. The summed E-state index contributed by atoms with van der Waals surface area (Å²) >= 11 is 0. The number of benzene rings is 1. The molecule has 2 rings (SSSR count). The second-order valence-corrected chi connectivity index (χ2v) is 6.53. The molecular weight excluding hydrogens is 304 g/mol. The molecule has 0 bridgehead atoms. The molecule has 134 valence electrons. The van der Waals surface area contributed by atoms with Gasteiger partial charge in [0, 0.05) is 37.5 Å². The monoisotopic (exact) mass is 334 g/mol. The van der Waals surface area contributed by atoms with Gasteiger partial charge in [0.25, 0.3) is 0 Å². The maximum Gasteiger partial charge on any atom is 0.222 e. The largest absolute Gasteiger partial charge is 0.496 e. The average molecular weight is 334 g/mol. The van der Waals surface area contributed by atoms with Gasteiger partial charge in [-0.1, -0.05) is 26.8 Å². The topological polar surface area (TPSA) is 50.8 Å². The predicted octanol–water partition coefficient (Wildman–Crippen LogP) is 2.83. The van der Waals surface area contributed by atoms with Gasteiger partial charge in [-0.2, -0.15) is 0 Å². The van der Waals surface area contributed by atoms with Gasteiger partial charge in [0.2, 0.25) is 5.91 Å². The van der Waals surface area contributed by atoms with Gasteiger partial charge in [-0.25, -0.2) is 0 Å². The van der Waals surface area contributed by atoms with Crippen LogP contribution in [0.15, 0.2) is 18.2 Å². The van der Waals surface area contributed by atoms with Crippen molar-refractivity contribution in [3.05, 3.63) is 23.8 Å². The molecule has 0 fully saturated rings. The minimum Gasteiger partial charge on any atom is -0.496 e. The van der Waals surface area contributed by atoms with Crippen LogP contribution in [0.25, 0.3) is 0 Å². The van der Waals surface area contributed by atoms with E-state index in [-0.39, 0.29) is 18.1 Å². The maximum absolute atomic E-state index is 11.7. The van der Waals surface area contributed by atoms with E-state index in [4.69, 9.17) is 9.47 Å². The van der Waals surface area contributed by atoms with Crippen LogP contribution in [-0.4, -0.2) is 43.8 Å². The standard InChI is InChI=1S/C19H30N2O3/c1-5-12-21(13-11-20-19(22)14(2)3)18-10-9-15-16(23-4)7-6-8-17(15)24-18/h6-8,14,18H,5,9-13H2,1-4H3,(H,20,22). The van der Waals surface area contributed by atoms with Crippen molar-refractivity contribution in [3.8, 4) is 11.5 Å². The lowest BCUT2D eigenvalue weighted by Gasteiger charge is -2.35. The highest BCUT2D eigenvalue weighted by Gasteiger charge is 2.26. The maximum atomic E-state index is 11.7. The highest BCUT2D eigenvalue weighted by Crippen LogP contribution is 2.35. The van der Waals surface area contributed by atoms with E-state index >= 15 is 0 Å². The van der Waals surface area contributed by atoms with Crippen LogP contribution in [0.1, 0.15) is 39.2 Å². The van der Waals surface area contributed by atoms with Crippen LogP contribution in [0.3, 0.4) is 0 Å². The summed E-state index contributed by atoms with van der Waals surface area (Å²) in [7, 11) is 1.70. The second-order valence-electron chi connectivity index (χ2n) is 6.53. The Bertz CT molecular complexity index is 545. The first kappa shape index (κ1) is 18.6. The molecule has 5 nitrogen and oxygen atoms in total. The summed E-state index contributed by atoms with van der Waals surface area (Å²) in [6, 6.07) is 5.95. The molecule has 1 heterocycles. The molecule has 1 atom stereocenters. The Morgan fingerprint density at radius 3 is 2.88 bits per heavy atom. The van der Waals surface area contributed by atoms with Gasteiger partial charge in [0.1, 0.15) is 11.5 Å². The normalized spacial score (nSPS) is 16.7. The van der Waals surface area contributed by atoms with Crippen molar-refractivity contribution < 1.29 is 14.3 Å². The van der Waals surface area contributed by atoms with Gasteiger partial charge in [0.15, 0.2) is 6.23 Å². The first-order valence-electron chi connectivity index (χ1n) is 8.91. The molecular formula is C19H30N2O3. The summed E-state index contributed by atoms with van der Waals surface area (Å²) in [5.41, 5.74) is 1.15. The smallest absolute Gasteiger partial charge is 0.222 e. The number of amides is 1. The quantitative estimate of drug-likeness (QED) is 0.794. The molecule has 1 aromatic carbocycles. The van der Waals surface area contributed by atoms with E-state index in [1.54, 1.807) is 7.11 Å². The Morgan fingerprint density at radius 1 is 1.42 bits per heavy atom. The Morgan fingerprint density at radius 2 is 2.21 bits per heavy atom. The van der Waals surface area contributed by atoms with Crippen molar-refractivity contribution in [2.24, 2.45) is 5.92 Å². The minimum atomic E-state index is 0.0231. The highest BCUT2D eigenvalue weighted by atomic mass is 16.5. The lowest BCUT2D eigenvalue weighted by atomic mass is 10.0. The first-order chi connectivity index (χ1) is 11.6. The van der Waals surface area contributed by atoms with Crippen molar-refractivity contribution in [1.29, 1.82) is 0 Å². The van der Waals surface area contributed by atoms with Crippen molar-refractivity contribution in [1.82, 2.24) is 10.2 Å². The van der Waals surface area contributed by atoms with Crippen molar-refractivity contribution in [2.75, 3.05) is 26.7 Å². The molecule has 1 aliphatic heterocycles. The number of ether oxygens (including phenoxy) is 2. The third-order valence-electron chi connectivity index (χ3n) is 4.35. The molecule has 0 radical (unpaired) electrons. The molecule has 24 heavy (non-hydrogen) atoms. The van der Waals surface area contributed by atoms with E-state index < -0.39 is 0 Å². The van der Waals surface area contributed by atoms with Crippen LogP contribution < -0.4 is 14.8 Å². The van der Waals surface area contributed by atoms with Crippen LogP contribution in [0.2, 0.25) is 0 Å². The number of nitrogens with zero attached hydrogens (tertiary/aromatic N) is 1. The van der Waals surface area contributed by atoms with Crippen LogP contribution in [0.4, 0.5) is 0 Å². The third kappa shape index (κ3) is 4.63. The van der Waals surface area contributed by atoms with Crippen molar-refractivity contribution in [3.63, 3.8) is 0 Å². The fraction of sp³-hybridized carbons (Fsp3) is 0.632. The third-order valence-corrected chi connectivity index (χ3v) is 4.35. The number of carbonyl (C=O) groups is 1. The first-order valence-corrected chi connectivity index (χ1v) is 8.91. The average Bonchev–Trinajstić information content (AvgIpc) is 2.59. The minimum absolute atomic E-state index is 0.0231. The van der Waals surface area contributed by atoms with E-state index in [1.807, 2.05) is 32.0 Å². The van der Waals surface area contributed by atoms with Crippen molar-refractivity contribution >= 4 is 5.91 Å². The Kier molecular flexibility index (Phi) is 6.91. The number of fused-ring (bicyclic) bond motifs is 1. The van der Waals surface area contributed by atoms with Crippen LogP contribution in [0, 0.1) is 5.92 Å². The number of carbonyl (C=O) groups excluding carboxylic acids is 1. The molecule has 5 heteroatoms. The number of rotatable bonds is 8. The summed E-state index contributed by atoms with van der Waals surface area (Å²) in [6.45, 7) is 8.40. The summed E-state index contributed by atoms with van der Waals surface area (Å²) in [5.74, 6) is 1.94. The Labute approximate surface area is 145 Å². The molecule has 1 aliphatic rings. The van der Waals surface area contributed by atoms with E-state index in [2.05, 4.69) is 17.1 Å². The summed E-state index contributed by atoms with van der Waals surface area (Å²) in [5, 5.41) is 2.99. The lowest BCUT2D eigenvalue weighted by molar-refractivity contribution is -0.124. The second kappa shape index (κ2) is 8.92. The van der Waals surface area contributed by atoms with Gasteiger partial charge < -0.3 is 14.8 Å².